The third kappa shape index (κ3) is 2.37. The molecule has 2 bridgehead atoms. The van der Waals surface area contributed by atoms with Crippen LogP contribution in [0.5, 0.6) is 0 Å². The summed E-state index contributed by atoms with van der Waals surface area (Å²) in [5.41, 5.74) is 0.816. The van der Waals surface area contributed by atoms with Crippen molar-refractivity contribution in [2.24, 2.45) is 11.8 Å². The van der Waals surface area contributed by atoms with Crippen molar-refractivity contribution in [3.63, 3.8) is 0 Å². The van der Waals surface area contributed by atoms with Gasteiger partial charge in [-0.15, -0.1) is 0 Å². The van der Waals surface area contributed by atoms with Crippen molar-refractivity contribution in [2.45, 2.75) is 51.5 Å². The van der Waals surface area contributed by atoms with Crippen LogP contribution in [-0.4, -0.2) is 27.1 Å². The Hall–Kier alpha value is -1.65. The van der Waals surface area contributed by atoms with E-state index in [1.807, 2.05) is 13.8 Å². The van der Waals surface area contributed by atoms with Crippen molar-refractivity contribution >= 4 is 11.9 Å². The molecule has 3 atom stereocenters. The first-order chi connectivity index (χ1) is 9.54. The molecule has 0 unspecified atom stereocenters. The molecule has 2 saturated carbocycles. The maximum atomic E-state index is 11.2. The highest BCUT2D eigenvalue weighted by atomic mass is 16.4. The van der Waals surface area contributed by atoms with Gasteiger partial charge in [0.2, 0.25) is 5.95 Å². The van der Waals surface area contributed by atoms with Crippen LogP contribution in [0, 0.1) is 11.8 Å². The monoisotopic (exact) mass is 275 g/mol. The number of hydrogen-bond acceptors (Lipinski definition) is 4. The predicted molar refractivity (Wildman–Crippen MR) is 75.9 cm³/mol. The second-order valence-corrected chi connectivity index (χ2v) is 6.38. The van der Waals surface area contributed by atoms with Gasteiger partial charge in [0, 0.05) is 12.2 Å². The zero-order valence-corrected chi connectivity index (χ0v) is 12.0. The molecule has 2 fully saturated rings. The van der Waals surface area contributed by atoms with Gasteiger partial charge in [0.05, 0.1) is 11.3 Å². The number of anilines is 1. The summed E-state index contributed by atoms with van der Waals surface area (Å²) in [5, 5.41) is 12.6. The second-order valence-electron chi connectivity index (χ2n) is 6.38. The standard InChI is InChI=1S/C15H21N3O2/c1-8(2)13-11(14(19)20)7-16-15(18-13)17-12-6-9-3-4-10(12)5-9/h7-10,12H,3-6H2,1-2H3,(H,19,20)(H,16,17,18)/t9-,10+,12-/m1/s1. The van der Waals surface area contributed by atoms with Gasteiger partial charge in [-0.25, -0.2) is 14.8 Å². The summed E-state index contributed by atoms with van der Waals surface area (Å²) in [4.78, 5) is 19.8. The van der Waals surface area contributed by atoms with Gasteiger partial charge in [0.1, 0.15) is 0 Å². The van der Waals surface area contributed by atoms with Crippen LogP contribution in [0.15, 0.2) is 6.20 Å². The minimum absolute atomic E-state index is 0.0738. The molecule has 0 aliphatic heterocycles. The minimum Gasteiger partial charge on any atom is -0.478 e. The van der Waals surface area contributed by atoms with E-state index in [4.69, 9.17) is 0 Å². The summed E-state index contributed by atoms with van der Waals surface area (Å²) in [5.74, 6) is 1.30. The number of fused-ring (bicyclic) bond motifs is 2. The van der Waals surface area contributed by atoms with Gasteiger partial charge in [-0.05, 0) is 37.0 Å². The Bertz CT molecular complexity index is 530. The highest BCUT2D eigenvalue weighted by molar-refractivity contribution is 5.88. The maximum absolute atomic E-state index is 11.2. The Morgan fingerprint density at radius 1 is 1.40 bits per heavy atom. The van der Waals surface area contributed by atoms with Crippen LogP contribution < -0.4 is 5.32 Å². The third-order valence-electron chi connectivity index (χ3n) is 4.65. The fourth-order valence-electron chi connectivity index (χ4n) is 3.66. The van der Waals surface area contributed by atoms with Crippen LogP contribution in [-0.2, 0) is 0 Å². The maximum Gasteiger partial charge on any atom is 0.339 e. The summed E-state index contributed by atoms with van der Waals surface area (Å²) in [6, 6.07) is 0.462. The van der Waals surface area contributed by atoms with E-state index in [9.17, 15) is 9.90 Å². The van der Waals surface area contributed by atoms with Gasteiger partial charge >= 0.3 is 5.97 Å². The third-order valence-corrected chi connectivity index (χ3v) is 4.65. The summed E-state index contributed by atoms with van der Waals surface area (Å²) in [6.45, 7) is 3.91. The zero-order chi connectivity index (χ0) is 14.3. The molecule has 3 rings (SSSR count). The first-order valence-electron chi connectivity index (χ1n) is 7.41. The van der Waals surface area contributed by atoms with Crippen molar-refractivity contribution in [1.29, 1.82) is 0 Å². The molecule has 0 aromatic carbocycles. The molecular weight excluding hydrogens is 254 g/mol. The number of hydrogen-bond donors (Lipinski definition) is 2. The molecule has 5 heteroatoms. The molecule has 1 heterocycles. The van der Waals surface area contributed by atoms with Gasteiger partial charge in [0.25, 0.3) is 0 Å². The second kappa shape index (κ2) is 5.04. The van der Waals surface area contributed by atoms with E-state index in [0.29, 0.717) is 17.7 Å². The average Bonchev–Trinajstić information content (AvgIpc) is 3.00. The van der Waals surface area contributed by atoms with Crippen LogP contribution in [0.25, 0.3) is 0 Å². The van der Waals surface area contributed by atoms with Crippen molar-refractivity contribution < 1.29 is 9.90 Å². The number of nitrogens with one attached hydrogen (secondary N) is 1. The molecule has 1 aromatic rings. The van der Waals surface area contributed by atoms with Crippen molar-refractivity contribution in [3.8, 4) is 0 Å². The fourth-order valence-corrected chi connectivity index (χ4v) is 3.66. The van der Waals surface area contributed by atoms with E-state index in [-0.39, 0.29) is 11.5 Å². The lowest BCUT2D eigenvalue weighted by Gasteiger charge is -2.23. The topological polar surface area (TPSA) is 75.1 Å². The van der Waals surface area contributed by atoms with E-state index in [1.54, 1.807) is 0 Å². The Morgan fingerprint density at radius 3 is 2.75 bits per heavy atom. The van der Waals surface area contributed by atoms with Crippen LogP contribution >= 0.6 is 0 Å². The molecule has 2 N–H and O–H groups in total. The fraction of sp³-hybridized carbons (Fsp3) is 0.667. The smallest absolute Gasteiger partial charge is 0.339 e. The lowest BCUT2D eigenvalue weighted by molar-refractivity contribution is 0.0694. The highest BCUT2D eigenvalue weighted by Gasteiger charge is 2.39. The minimum atomic E-state index is -0.958. The van der Waals surface area contributed by atoms with E-state index in [2.05, 4.69) is 15.3 Å². The van der Waals surface area contributed by atoms with Gasteiger partial charge in [-0.1, -0.05) is 20.3 Å². The molecule has 0 spiro atoms. The Morgan fingerprint density at radius 2 is 2.20 bits per heavy atom. The Kier molecular flexibility index (Phi) is 3.36. The molecule has 108 valence electrons. The summed E-state index contributed by atoms with van der Waals surface area (Å²) >= 11 is 0. The van der Waals surface area contributed by atoms with E-state index in [1.165, 1.54) is 31.9 Å². The van der Waals surface area contributed by atoms with Crippen LogP contribution in [0.1, 0.15) is 61.5 Å². The van der Waals surface area contributed by atoms with Crippen molar-refractivity contribution in [2.75, 3.05) is 5.32 Å². The summed E-state index contributed by atoms with van der Waals surface area (Å²) < 4.78 is 0. The van der Waals surface area contributed by atoms with Gasteiger partial charge < -0.3 is 10.4 Å². The number of rotatable bonds is 4. The van der Waals surface area contributed by atoms with Gasteiger partial charge in [-0.2, -0.15) is 0 Å². The first-order valence-corrected chi connectivity index (χ1v) is 7.41. The van der Waals surface area contributed by atoms with E-state index in [0.717, 1.165) is 11.8 Å². The van der Waals surface area contributed by atoms with Gasteiger partial charge in [0.15, 0.2) is 0 Å². The molecular formula is C15H21N3O2. The van der Waals surface area contributed by atoms with Crippen molar-refractivity contribution in [1.82, 2.24) is 9.97 Å². The van der Waals surface area contributed by atoms with E-state index < -0.39 is 5.97 Å². The number of aromatic carboxylic acids is 1. The molecule has 0 saturated heterocycles. The lowest BCUT2D eigenvalue weighted by Crippen LogP contribution is -2.27. The SMILES string of the molecule is CC(C)c1nc(N[C@@H]2C[C@@H]3CC[C@H]2C3)ncc1C(=O)O. The van der Waals surface area contributed by atoms with Crippen LogP contribution in [0.3, 0.4) is 0 Å². The number of aromatic nitrogens is 2. The first kappa shape index (κ1) is 13.3. The number of nitrogens with zero attached hydrogens (tertiary/aromatic N) is 2. The van der Waals surface area contributed by atoms with Crippen LogP contribution in [0.4, 0.5) is 5.95 Å². The Balaban J connectivity index is 1.80. The highest BCUT2D eigenvalue weighted by Crippen LogP contribution is 2.45. The number of carboxylic acid groups (broad SMARTS) is 1. The number of carboxylic acids is 1. The predicted octanol–water partition coefficient (Wildman–Crippen LogP) is 2.90. The normalized spacial score (nSPS) is 28.1. The summed E-state index contributed by atoms with van der Waals surface area (Å²) in [6.07, 6.45) is 6.61. The molecule has 2 aliphatic carbocycles. The largest absolute Gasteiger partial charge is 0.478 e. The van der Waals surface area contributed by atoms with Gasteiger partial charge in [-0.3, -0.25) is 0 Å². The lowest BCUT2D eigenvalue weighted by atomic mass is 9.95. The van der Waals surface area contributed by atoms with E-state index >= 15 is 0 Å². The molecule has 0 radical (unpaired) electrons. The number of carbonyl (C=O) groups is 1. The summed E-state index contributed by atoms with van der Waals surface area (Å²) in [7, 11) is 0. The van der Waals surface area contributed by atoms with Crippen molar-refractivity contribution in [3.05, 3.63) is 17.5 Å². The molecule has 20 heavy (non-hydrogen) atoms. The quantitative estimate of drug-likeness (QED) is 0.883. The van der Waals surface area contributed by atoms with Crippen LogP contribution in [0.2, 0.25) is 0 Å². The molecule has 5 nitrogen and oxygen atoms in total. The molecule has 2 aliphatic rings. The molecule has 0 amide bonds. The molecule has 1 aromatic heterocycles. The average molecular weight is 275 g/mol. The zero-order valence-electron chi connectivity index (χ0n) is 12.0. The Labute approximate surface area is 118 Å².